The number of nitrogen functional groups attached to an aromatic ring is 1. The van der Waals surface area contributed by atoms with E-state index in [2.05, 4.69) is 15.3 Å². The van der Waals surface area contributed by atoms with E-state index >= 15 is 0 Å². The van der Waals surface area contributed by atoms with Gasteiger partial charge in [-0.05, 0) is 6.42 Å². The van der Waals surface area contributed by atoms with E-state index in [-0.39, 0.29) is 0 Å². The third-order valence-corrected chi connectivity index (χ3v) is 1.93. The van der Waals surface area contributed by atoms with Crippen molar-refractivity contribution in [2.75, 3.05) is 31.3 Å². The molecule has 0 aromatic carbocycles. The third kappa shape index (κ3) is 2.56. The van der Waals surface area contributed by atoms with Crippen molar-refractivity contribution in [1.29, 1.82) is 0 Å². The highest BCUT2D eigenvalue weighted by molar-refractivity contribution is 5.54. The van der Waals surface area contributed by atoms with E-state index in [1.165, 1.54) is 6.33 Å². The topological polar surface area (TPSA) is 73.1 Å². The lowest BCUT2D eigenvalue weighted by molar-refractivity contribution is 0.210. The fraction of sp³-hybridized carbons (Fsp3) is 0.556. The molecule has 1 rings (SSSR count). The SMILES string of the molecule is CCc1c(N)ncnc1NCCOC. The molecular formula is C9H16N4O. The van der Waals surface area contributed by atoms with Gasteiger partial charge < -0.3 is 15.8 Å². The number of hydrogen-bond donors (Lipinski definition) is 2. The first-order chi connectivity index (χ1) is 6.79. The lowest BCUT2D eigenvalue weighted by atomic mass is 10.2. The van der Waals surface area contributed by atoms with Crippen LogP contribution in [0.4, 0.5) is 11.6 Å². The van der Waals surface area contributed by atoms with Gasteiger partial charge in [0.2, 0.25) is 0 Å². The lowest BCUT2D eigenvalue weighted by Gasteiger charge is -2.10. The fourth-order valence-corrected chi connectivity index (χ4v) is 1.20. The van der Waals surface area contributed by atoms with Gasteiger partial charge in [0.1, 0.15) is 18.0 Å². The zero-order valence-corrected chi connectivity index (χ0v) is 8.58. The van der Waals surface area contributed by atoms with Crippen LogP contribution in [0.2, 0.25) is 0 Å². The van der Waals surface area contributed by atoms with E-state index in [0.29, 0.717) is 12.4 Å². The minimum absolute atomic E-state index is 0.544. The molecule has 0 aliphatic rings. The van der Waals surface area contributed by atoms with Crippen LogP contribution in [-0.4, -0.2) is 30.2 Å². The number of nitrogens with two attached hydrogens (primary N) is 1. The van der Waals surface area contributed by atoms with Gasteiger partial charge in [-0.2, -0.15) is 0 Å². The van der Waals surface area contributed by atoms with Crippen molar-refractivity contribution in [3.8, 4) is 0 Å². The Labute approximate surface area is 83.7 Å². The van der Waals surface area contributed by atoms with Crippen molar-refractivity contribution in [1.82, 2.24) is 9.97 Å². The van der Waals surface area contributed by atoms with E-state index in [1.54, 1.807) is 7.11 Å². The summed E-state index contributed by atoms with van der Waals surface area (Å²) in [6.07, 6.45) is 2.28. The highest BCUT2D eigenvalue weighted by Gasteiger charge is 2.05. The maximum atomic E-state index is 5.71. The number of methoxy groups -OCH3 is 1. The summed E-state index contributed by atoms with van der Waals surface area (Å²) in [7, 11) is 1.66. The smallest absolute Gasteiger partial charge is 0.134 e. The first-order valence-electron chi connectivity index (χ1n) is 4.61. The Bertz CT molecular complexity index is 290. The Morgan fingerprint density at radius 2 is 2.29 bits per heavy atom. The average molecular weight is 196 g/mol. The van der Waals surface area contributed by atoms with Crippen molar-refractivity contribution >= 4 is 11.6 Å². The van der Waals surface area contributed by atoms with Gasteiger partial charge in [0, 0.05) is 19.2 Å². The number of ether oxygens (including phenoxy) is 1. The van der Waals surface area contributed by atoms with Gasteiger partial charge in [-0.1, -0.05) is 6.92 Å². The van der Waals surface area contributed by atoms with Gasteiger partial charge in [0.25, 0.3) is 0 Å². The Hall–Kier alpha value is -1.36. The fourth-order valence-electron chi connectivity index (χ4n) is 1.20. The second-order valence-electron chi connectivity index (χ2n) is 2.86. The van der Waals surface area contributed by atoms with Gasteiger partial charge in [0.05, 0.1) is 6.61 Å². The van der Waals surface area contributed by atoms with E-state index in [1.807, 2.05) is 6.92 Å². The Kier molecular flexibility index (Phi) is 4.12. The molecule has 5 nitrogen and oxygen atoms in total. The second-order valence-corrected chi connectivity index (χ2v) is 2.86. The molecule has 0 spiro atoms. The number of hydrogen-bond acceptors (Lipinski definition) is 5. The average Bonchev–Trinajstić information content (AvgIpc) is 2.18. The zero-order valence-electron chi connectivity index (χ0n) is 8.58. The Balaban J connectivity index is 2.70. The molecular weight excluding hydrogens is 180 g/mol. The summed E-state index contributed by atoms with van der Waals surface area (Å²) < 4.78 is 4.93. The number of rotatable bonds is 5. The van der Waals surface area contributed by atoms with Crippen LogP contribution in [0.5, 0.6) is 0 Å². The molecule has 0 aliphatic carbocycles. The summed E-state index contributed by atoms with van der Waals surface area (Å²) in [6.45, 7) is 3.39. The highest BCUT2D eigenvalue weighted by Crippen LogP contribution is 2.16. The monoisotopic (exact) mass is 196 g/mol. The quantitative estimate of drug-likeness (QED) is 0.677. The van der Waals surface area contributed by atoms with Gasteiger partial charge >= 0.3 is 0 Å². The van der Waals surface area contributed by atoms with Crippen LogP contribution >= 0.6 is 0 Å². The molecule has 0 saturated carbocycles. The largest absolute Gasteiger partial charge is 0.383 e. The van der Waals surface area contributed by atoms with Crippen LogP contribution in [0.3, 0.4) is 0 Å². The Morgan fingerprint density at radius 3 is 2.93 bits per heavy atom. The molecule has 14 heavy (non-hydrogen) atoms. The van der Waals surface area contributed by atoms with Gasteiger partial charge in [-0.15, -0.1) is 0 Å². The van der Waals surface area contributed by atoms with E-state index in [0.717, 1.165) is 24.3 Å². The molecule has 3 N–H and O–H groups in total. The summed E-state index contributed by atoms with van der Waals surface area (Å²) in [5.74, 6) is 1.35. The zero-order chi connectivity index (χ0) is 10.4. The predicted molar refractivity (Wildman–Crippen MR) is 56.2 cm³/mol. The molecule has 0 aliphatic heterocycles. The molecule has 0 bridgehead atoms. The van der Waals surface area contributed by atoms with Crippen molar-refractivity contribution < 1.29 is 4.74 Å². The van der Waals surface area contributed by atoms with E-state index in [9.17, 15) is 0 Å². The second kappa shape index (κ2) is 5.39. The normalized spacial score (nSPS) is 10.1. The Morgan fingerprint density at radius 1 is 1.50 bits per heavy atom. The minimum atomic E-state index is 0.544. The molecule has 1 heterocycles. The molecule has 1 aromatic heterocycles. The van der Waals surface area contributed by atoms with Gasteiger partial charge in [-0.25, -0.2) is 9.97 Å². The first kappa shape index (κ1) is 10.7. The van der Waals surface area contributed by atoms with Gasteiger partial charge in [-0.3, -0.25) is 0 Å². The van der Waals surface area contributed by atoms with Crippen LogP contribution in [0.15, 0.2) is 6.33 Å². The van der Waals surface area contributed by atoms with Crippen LogP contribution < -0.4 is 11.1 Å². The van der Waals surface area contributed by atoms with Crippen LogP contribution in [-0.2, 0) is 11.2 Å². The van der Waals surface area contributed by atoms with Gasteiger partial charge in [0.15, 0.2) is 0 Å². The van der Waals surface area contributed by atoms with Crippen molar-refractivity contribution in [2.45, 2.75) is 13.3 Å². The number of aromatic nitrogens is 2. The van der Waals surface area contributed by atoms with Crippen LogP contribution in [0.25, 0.3) is 0 Å². The van der Waals surface area contributed by atoms with E-state index < -0.39 is 0 Å². The van der Waals surface area contributed by atoms with E-state index in [4.69, 9.17) is 10.5 Å². The van der Waals surface area contributed by atoms with Crippen LogP contribution in [0.1, 0.15) is 12.5 Å². The third-order valence-electron chi connectivity index (χ3n) is 1.93. The van der Waals surface area contributed by atoms with Crippen molar-refractivity contribution in [2.24, 2.45) is 0 Å². The molecule has 1 aromatic rings. The molecule has 0 unspecified atom stereocenters. The number of anilines is 2. The summed E-state index contributed by atoms with van der Waals surface area (Å²) in [4.78, 5) is 8.06. The molecule has 0 amide bonds. The lowest BCUT2D eigenvalue weighted by Crippen LogP contribution is -2.12. The van der Waals surface area contributed by atoms with Crippen LogP contribution in [0, 0.1) is 0 Å². The summed E-state index contributed by atoms with van der Waals surface area (Å²) in [5, 5.41) is 3.15. The molecule has 0 atom stereocenters. The molecule has 5 heteroatoms. The highest BCUT2D eigenvalue weighted by atomic mass is 16.5. The summed E-state index contributed by atoms with van der Waals surface area (Å²) in [5.41, 5.74) is 6.68. The molecule has 78 valence electrons. The minimum Gasteiger partial charge on any atom is -0.383 e. The predicted octanol–water partition coefficient (Wildman–Crippen LogP) is 0.679. The first-order valence-corrected chi connectivity index (χ1v) is 4.61. The summed E-state index contributed by atoms with van der Waals surface area (Å²) >= 11 is 0. The summed E-state index contributed by atoms with van der Waals surface area (Å²) in [6, 6.07) is 0. The standard InChI is InChI=1S/C9H16N4O/c1-3-7-8(10)12-6-13-9(7)11-4-5-14-2/h6H,3-5H2,1-2H3,(H3,10,11,12,13). The molecule has 0 saturated heterocycles. The molecule has 0 radical (unpaired) electrons. The van der Waals surface area contributed by atoms with Crippen molar-refractivity contribution in [3.63, 3.8) is 0 Å². The number of nitrogens with zero attached hydrogens (tertiary/aromatic N) is 2. The number of nitrogens with one attached hydrogen (secondary N) is 1. The molecule has 0 fully saturated rings. The maximum Gasteiger partial charge on any atom is 0.134 e. The van der Waals surface area contributed by atoms with Crippen molar-refractivity contribution in [3.05, 3.63) is 11.9 Å². The maximum absolute atomic E-state index is 5.71.